The van der Waals surface area contributed by atoms with Crippen LogP contribution in [-0.2, 0) is 20.8 Å². The molecule has 1 saturated heterocycles. The number of carbonyl (C=O) groups excluding carboxylic acids is 3. The number of carbonyl (C=O) groups is 3. The van der Waals surface area contributed by atoms with Crippen molar-refractivity contribution in [1.29, 1.82) is 0 Å². The molecule has 3 amide bonds. The first-order chi connectivity index (χ1) is 14.3. The first-order valence-electron chi connectivity index (χ1n) is 10.5. The molecule has 1 atom stereocenters. The Hall–Kier alpha value is -2.83. The van der Waals surface area contributed by atoms with Gasteiger partial charge in [0.1, 0.15) is 16.8 Å². The highest BCUT2D eigenvalue weighted by molar-refractivity contribution is 6.01. The highest BCUT2D eigenvalue weighted by Crippen LogP contribution is 2.47. The topological polar surface area (TPSA) is 79.0 Å². The highest BCUT2D eigenvalue weighted by Gasteiger charge is 2.62. The van der Waals surface area contributed by atoms with Crippen molar-refractivity contribution in [3.8, 4) is 5.75 Å². The number of hydrogen-bond donors (Lipinski definition) is 1. The number of piperazine rings is 1. The van der Waals surface area contributed by atoms with E-state index in [0.717, 1.165) is 17.7 Å². The molecule has 2 aliphatic rings. The lowest BCUT2D eigenvalue weighted by atomic mass is 9.87. The van der Waals surface area contributed by atoms with E-state index in [1.54, 1.807) is 16.9 Å². The summed E-state index contributed by atoms with van der Waals surface area (Å²) in [5, 5.41) is 2.97. The third kappa shape index (κ3) is 3.80. The summed E-state index contributed by atoms with van der Waals surface area (Å²) in [6.45, 7) is 8.63. The molecule has 0 unspecified atom stereocenters. The number of ether oxygens (including phenoxy) is 1. The Morgan fingerprint density at radius 1 is 1.27 bits per heavy atom. The Labute approximate surface area is 178 Å². The average Bonchev–Trinajstić information content (AvgIpc) is 3.55. The van der Waals surface area contributed by atoms with Gasteiger partial charge in [0.05, 0.1) is 7.11 Å². The lowest BCUT2D eigenvalue weighted by Gasteiger charge is -2.48. The minimum atomic E-state index is -1.06. The molecule has 1 heterocycles. The van der Waals surface area contributed by atoms with Crippen molar-refractivity contribution in [2.24, 2.45) is 0 Å². The molecule has 1 saturated carbocycles. The molecule has 3 rings (SSSR count). The van der Waals surface area contributed by atoms with E-state index in [9.17, 15) is 14.4 Å². The molecule has 7 heteroatoms. The minimum absolute atomic E-state index is 0.147. The van der Waals surface area contributed by atoms with Gasteiger partial charge in [-0.25, -0.2) is 0 Å². The maximum Gasteiger partial charge on any atom is 0.249 e. The summed E-state index contributed by atoms with van der Waals surface area (Å²) in [5.74, 6) is 0.188. The van der Waals surface area contributed by atoms with Crippen LogP contribution in [0.4, 0.5) is 0 Å². The van der Waals surface area contributed by atoms with E-state index in [4.69, 9.17) is 4.74 Å². The van der Waals surface area contributed by atoms with Gasteiger partial charge < -0.3 is 19.9 Å². The zero-order valence-electron chi connectivity index (χ0n) is 18.1. The number of rotatable bonds is 8. The fourth-order valence-electron chi connectivity index (χ4n) is 4.25. The van der Waals surface area contributed by atoms with Crippen molar-refractivity contribution in [2.75, 3.05) is 26.7 Å². The van der Waals surface area contributed by atoms with Crippen LogP contribution < -0.4 is 10.1 Å². The molecule has 1 aliphatic carbocycles. The van der Waals surface area contributed by atoms with Crippen LogP contribution >= 0.6 is 0 Å². The third-order valence-electron chi connectivity index (χ3n) is 6.20. The second kappa shape index (κ2) is 8.50. The predicted octanol–water partition coefficient (Wildman–Crippen LogP) is 1.91. The van der Waals surface area contributed by atoms with E-state index < -0.39 is 11.1 Å². The predicted molar refractivity (Wildman–Crippen MR) is 114 cm³/mol. The van der Waals surface area contributed by atoms with Gasteiger partial charge in [-0.2, -0.15) is 0 Å². The van der Waals surface area contributed by atoms with Gasteiger partial charge in [0, 0.05) is 26.1 Å². The highest BCUT2D eigenvalue weighted by atomic mass is 16.5. The summed E-state index contributed by atoms with van der Waals surface area (Å²) in [6.07, 6.45) is 3.69. The number of hydrogen-bond acceptors (Lipinski definition) is 4. The molecule has 1 aliphatic heterocycles. The molecule has 30 heavy (non-hydrogen) atoms. The Morgan fingerprint density at radius 2 is 1.93 bits per heavy atom. The van der Waals surface area contributed by atoms with Gasteiger partial charge in [-0.05, 0) is 50.0 Å². The van der Waals surface area contributed by atoms with Gasteiger partial charge >= 0.3 is 0 Å². The third-order valence-corrected chi connectivity index (χ3v) is 6.20. The first kappa shape index (κ1) is 21.9. The zero-order chi connectivity index (χ0) is 21.9. The van der Waals surface area contributed by atoms with Gasteiger partial charge in [-0.15, -0.1) is 0 Å². The molecule has 1 spiro atoms. The van der Waals surface area contributed by atoms with Gasteiger partial charge in [-0.3, -0.25) is 14.4 Å². The molecule has 0 radical (unpaired) electrons. The summed E-state index contributed by atoms with van der Waals surface area (Å²) in [5.41, 5.74) is -0.942. The largest absolute Gasteiger partial charge is 0.497 e. The molecule has 2 fully saturated rings. The van der Waals surface area contributed by atoms with Crippen LogP contribution in [0.5, 0.6) is 5.75 Å². The smallest absolute Gasteiger partial charge is 0.249 e. The number of nitrogens with zero attached hydrogens (tertiary/aromatic N) is 2. The monoisotopic (exact) mass is 413 g/mol. The van der Waals surface area contributed by atoms with Crippen molar-refractivity contribution < 1.29 is 19.1 Å². The number of benzene rings is 1. The number of methoxy groups -OCH3 is 1. The van der Waals surface area contributed by atoms with E-state index >= 15 is 0 Å². The Bertz CT molecular complexity index is 831. The quantitative estimate of drug-likeness (QED) is 0.661. The normalized spacial score (nSPS) is 19.2. The maximum atomic E-state index is 13.6. The van der Waals surface area contributed by atoms with Gasteiger partial charge in [-0.1, -0.05) is 25.6 Å². The molecular weight excluding hydrogens is 382 g/mol. The lowest BCUT2D eigenvalue weighted by molar-refractivity contribution is -0.161. The molecule has 0 aromatic heterocycles. The van der Waals surface area contributed by atoms with Crippen molar-refractivity contribution in [1.82, 2.24) is 15.1 Å². The first-order valence-corrected chi connectivity index (χ1v) is 10.5. The van der Waals surface area contributed by atoms with E-state index in [0.29, 0.717) is 38.9 Å². The van der Waals surface area contributed by atoms with E-state index in [1.165, 1.54) is 6.08 Å². The fraction of sp³-hybridized carbons (Fsp3) is 0.522. The van der Waals surface area contributed by atoms with Gasteiger partial charge in [0.2, 0.25) is 17.7 Å². The van der Waals surface area contributed by atoms with E-state index in [-0.39, 0.29) is 17.7 Å². The molecule has 162 valence electrons. The van der Waals surface area contributed by atoms with Crippen molar-refractivity contribution >= 4 is 17.7 Å². The van der Waals surface area contributed by atoms with Crippen molar-refractivity contribution in [2.45, 2.75) is 50.6 Å². The number of amides is 3. The van der Waals surface area contributed by atoms with Crippen LogP contribution in [0.2, 0.25) is 0 Å². The minimum Gasteiger partial charge on any atom is -0.497 e. The Kier molecular flexibility index (Phi) is 6.19. The van der Waals surface area contributed by atoms with Crippen molar-refractivity contribution in [3.05, 3.63) is 42.5 Å². The number of nitrogens with one attached hydrogen (secondary N) is 1. The van der Waals surface area contributed by atoms with Crippen LogP contribution in [0.3, 0.4) is 0 Å². The van der Waals surface area contributed by atoms with E-state index in [2.05, 4.69) is 11.9 Å². The van der Waals surface area contributed by atoms with Crippen LogP contribution in [0.1, 0.15) is 38.7 Å². The molecule has 7 nitrogen and oxygen atoms in total. The second-order valence-electron chi connectivity index (χ2n) is 8.24. The molecule has 1 aromatic rings. The molecule has 0 bridgehead atoms. The van der Waals surface area contributed by atoms with Crippen LogP contribution in [-0.4, -0.2) is 65.3 Å². The van der Waals surface area contributed by atoms with E-state index in [1.807, 2.05) is 38.1 Å². The zero-order valence-corrected chi connectivity index (χ0v) is 18.1. The average molecular weight is 414 g/mol. The van der Waals surface area contributed by atoms with Gasteiger partial charge in [0.15, 0.2) is 0 Å². The summed E-state index contributed by atoms with van der Waals surface area (Å²) in [4.78, 5) is 42.4. The Morgan fingerprint density at radius 3 is 2.47 bits per heavy atom. The Balaban J connectivity index is 1.91. The SMILES string of the molecule is C=CC(=O)N1CCN([C@@](C)(Cc2ccc(OC)cc2)C(=O)NCCC)C(=O)C12CC2. The standard InChI is InChI=1S/C23H31N3O4/c1-5-13-24-20(28)22(3,16-17-7-9-18(30-4)10-8-17)26-15-14-25(19(27)6-2)23(11-12-23)21(26)29/h6-10H,2,5,11-16H2,1,3-4H3,(H,24,28)/t22-/m0/s1. The second-order valence-corrected chi connectivity index (χ2v) is 8.24. The fourth-order valence-corrected chi connectivity index (χ4v) is 4.25. The van der Waals surface area contributed by atoms with Gasteiger partial charge in [0.25, 0.3) is 0 Å². The lowest BCUT2D eigenvalue weighted by Crippen LogP contribution is -2.69. The summed E-state index contributed by atoms with van der Waals surface area (Å²) < 4.78 is 5.22. The maximum absolute atomic E-state index is 13.6. The van der Waals surface area contributed by atoms with Crippen molar-refractivity contribution in [3.63, 3.8) is 0 Å². The molecule has 1 N–H and O–H groups in total. The summed E-state index contributed by atoms with van der Waals surface area (Å²) >= 11 is 0. The van der Waals surface area contributed by atoms with Crippen LogP contribution in [0.15, 0.2) is 36.9 Å². The molecular formula is C23H31N3O4. The van der Waals surface area contributed by atoms with Crippen LogP contribution in [0.25, 0.3) is 0 Å². The summed E-state index contributed by atoms with van der Waals surface area (Å²) in [6, 6.07) is 7.53. The summed E-state index contributed by atoms with van der Waals surface area (Å²) in [7, 11) is 1.61. The van der Waals surface area contributed by atoms with Crippen LogP contribution in [0, 0.1) is 0 Å². The molecule has 1 aromatic carbocycles.